The highest BCUT2D eigenvalue weighted by Gasteiger charge is 2.21. The van der Waals surface area contributed by atoms with E-state index in [1.807, 2.05) is 12.3 Å². The van der Waals surface area contributed by atoms with Crippen LogP contribution in [0.3, 0.4) is 0 Å². The molecular weight excluding hydrogens is 268 g/mol. The second kappa shape index (κ2) is 6.06. The summed E-state index contributed by atoms with van der Waals surface area (Å²) in [7, 11) is -3.40. The van der Waals surface area contributed by atoms with Crippen LogP contribution in [-0.2, 0) is 10.0 Å². The zero-order chi connectivity index (χ0) is 13.0. The third-order valence-electron chi connectivity index (χ3n) is 2.97. The van der Waals surface area contributed by atoms with E-state index in [1.165, 1.54) is 0 Å². The van der Waals surface area contributed by atoms with E-state index in [2.05, 4.69) is 10.0 Å². The van der Waals surface area contributed by atoms with E-state index in [1.54, 1.807) is 30.0 Å². The van der Waals surface area contributed by atoms with Gasteiger partial charge in [0.2, 0.25) is 10.0 Å². The van der Waals surface area contributed by atoms with Crippen LogP contribution in [-0.4, -0.2) is 33.8 Å². The number of thioether (sulfide) groups is 1. The first-order chi connectivity index (χ1) is 8.62. The maximum atomic E-state index is 12.2. The van der Waals surface area contributed by atoms with Gasteiger partial charge in [-0.05, 0) is 43.8 Å². The highest BCUT2D eigenvalue weighted by Crippen LogP contribution is 2.19. The van der Waals surface area contributed by atoms with Crippen molar-refractivity contribution in [2.24, 2.45) is 0 Å². The highest BCUT2D eigenvalue weighted by molar-refractivity contribution is 7.98. The first-order valence-corrected chi connectivity index (χ1v) is 8.70. The molecule has 1 aromatic carbocycles. The summed E-state index contributed by atoms with van der Waals surface area (Å²) in [6, 6.07) is 7.04. The van der Waals surface area contributed by atoms with Crippen molar-refractivity contribution in [1.82, 2.24) is 10.0 Å². The number of hydrogen-bond acceptors (Lipinski definition) is 4. The highest BCUT2D eigenvalue weighted by atomic mass is 32.2. The normalized spacial score (nSPS) is 20.8. The van der Waals surface area contributed by atoms with E-state index < -0.39 is 10.0 Å². The number of nitrogens with one attached hydrogen (secondary N) is 2. The molecule has 0 bridgehead atoms. The Bertz CT molecular complexity index is 497. The van der Waals surface area contributed by atoms with Gasteiger partial charge in [-0.3, -0.25) is 0 Å². The molecule has 4 nitrogen and oxygen atoms in total. The third kappa shape index (κ3) is 3.47. The fourth-order valence-electron chi connectivity index (χ4n) is 2.01. The van der Waals surface area contributed by atoms with Crippen molar-refractivity contribution >= 4 is 21.8 Å². The van der Waals surface area contributed by atoms with Crippen molar-refractivity contribution < 1.29 is 8.42 Å². The summed E-state index contributed by atoms with van der Waals surface area (Å²) in [6.07, 6.45) is 3.84. The number of piperidine rings is 1. The topological polar surface area (TPSA) is 58.2 Å². The standard InChI is InChI=1S/C12H18N2O2S2/c1-17-11-5-2-6-12(8-11)18(15,16)14-10-4-3-7-13-9-10/h2,5-6,8,10,13-14H,3-4,7,9H2,1H3. The van der Waals surface area contributed by atoms with Crippen LogP contribution in [0.1, 0.15) is 12.8 Å². The molecule has 1 saturated heterocycles. The first kappa shape index (κ1) is 13.9. The SMILES string of the molecule is CSc1cccc(S(=O)(=O)NC2CCCNC2)c1. The summed E-state index contributed by atoms with van der Waals surface area (Å²) >= 11 is 1.54. The van der Waals surface area contributed by atoms with Gasteiger partial charge < -0.3 is 5.32 Å². The molecule has 100 valence electrons. The largest absolute Gasteiger partial charge is 0.315 e. The second-order valence-corrected chi connectivity index (χ2v) is 6.94. The van der Waals surface area contributed by atoms with E-state index in [0.717, 1.165) is 24.3 Å². The fraction of sp³-hybridized carbons (Fsp3) is 0.500. The van der Waals surface area contributed by atoms with Crippen LogP contribution in [0.4, 0.5) is 0 Å². The lowest BCUT2D eigenvalue weighted by Crippen LogP contribution is -2.45. The number of rotatable bonds is 4. The molecule has 1 atom stereocenters. The molecule has 1 aliphatic rings. The van der Waals surface area contributed by atoms with Crippen LogP contribution in [0.2, 0.25) is 0 Å². The Hall–Kier alpha value is -0.560. The minimum Gasteiger partial charge on any atom is -0.315 e. The van der Waals surface area contributed by atoms with Crippen molar-refractivity contribution in [3.63, 3.8) is 0 Å². The van der Waals surface area contributed by atoms with Crippen molar-refractivity contribution in [2.45, 2.75) is 28.7 Å². The van der Waals surface area contributed by atoms with Gasteiger partial charge in [0.1, 0.15) is 0 Å². The second-order valence-electron chi connectivity index (χ2n) is 4.34. The van der Waals surface area contributed by atoms with Gasteiger partial charge in [-0.1, -0.05) is 6.07 Å². The van der Waals surface area contributed by atoms with Crippen LogP contribution >= 0.6 is 11.8 Å². The Kier molecular flexibility index (Phi) is 4.66. The number of sulfonamides is 1. The Morgan fingerprint density at radius 1 is 1.44 bits per heavy atom. The van der Waals surface area contributed by atoms with Crippen LogP contribution in [0.15, 0.2) is 34.1 Å². The molecule has 1 fully saturated rings. The monoisotopic (exact) mass is 286 g/mol. The number of hydrogen-bond donors (Lipinski definition) is 2. The molecule has 0 saturated carbocycles. The molecular formula is C12H18N2O2S2. The predicted octanol–water partition coefficient (Wildman–Crippen LogP) is 1.44. The maximum absolute atomic E-state index is 12.2. The van der Waals surface area contributed by atoms with E-state index >= 15 is 0 Å². The first-order valence-electron chi connectivity index (χ1n) is 5.99. The molecule has 18 heavy (non-hydrogen) atoms. The molecule has 6 heteroatoms. The lowest BCUT2D eigenvalue weighted by Gasteiger charge is -2.23. The van der Waals surface area contributed by atoms with Crippen LogP contribution in [0.25, 0.3) is 0 Å². The van der Waals surface area contributed by atoms with Gasteiger partial charge in [0.15, 0.2) is 0 Å². The smallest absolute Gasteiger partial charge is 0.240 e. The van der Waals surface area contributed by atoms with Crippen molar-refractivity contribution in [2.75, 3.05) is 19.3 Å². The zero-order valence-corrected chi connectivity index (χ0v) is 12.0. The van der Waals surface area contributed by atoms with Gasteiger partial charge in [-0.25, -0.2) is 13.1 Å². The Labute approximate surface area is 113 Å². The van der Waals surface area contributed by atoms with Crippen molar-refractivity contribution in [3.05, 3.63) is 24.3 Å². The quantitative estimate of drug-likeness (QED) is 0.822. The Morgan fingerprint density at radius 3 is 2.94 bits per heavy atom. The van der Waals surface area contributed by atoms with E-state index in [0.29, 0.717) is 11.4 Å². The molecule has 1 heterocycles. The molecule has 0 spiro atoms. The summed E-state index contributed by atoms with van der Waals surface area (Å²) in [5.41, 5.74) is 0. The van der Waals surface area contributed by atoms with E-state index in [4.69, 9.17) is 0 Å². The molecule has 0 aliphatic carbocycles. The van der Waals surface area contributed by atoms with Gasteiger partial charge >= 0.3 is 0 Å². The summed E-state index contributed by atoms with van der Waals surface area (Å²) in [5.74, 6) is 0. The lowest BCUT2D eigenvalue weighted by atomic mass is 10.1. The lowest BCUT2D eigenvalue weighted by molar-refractivity contribution is 0.428. The maximum Gasteiger partial charge on any atom is 0.240 e. The summed E-state index contributed by atoms with van der Waals surface area (Å²) in [4.78, 5) is 1.31. The Morgan fingerprint density at radius 2 is 2.28 bits per heavy atom. The van der Waals surface area contributed by atoms with Gasteiger partial charge in [-0.15, -0.1) is 11.8 Å². The summed E-state index contributed by atoms with van der Waals surface area (Å²) in [6.45, 7) is 1.68. The van der Waals surface area contributed by atoms with Crippen LogP contribution in [0.5, 0.6) is 0 Å². The molecule has 1 aromatic rings. The average molecular weight is 286 g/mol. The van der Waals surface area contributed by atoms with Gasteiger partial charge in [0.05, 0.1) is 4.90 Å². The summed E-state index contributed by atoms with van der Waals surface area (Å²) in [5, 5.41) is 3.20. The van der Waals surface area contributed by atoms with Crippen LogP contribution < -0.4 is 10.0 Å². The minimum absolute atomic E-state index is 0.00156. The van der Waals surface area contributed by atoms with E-state index in [-0.39, 0.29) is 6.04 Å². The van der Waals surface area contributed by atoms with Gasteiger partial charge in [0.25, 0.3) is 0 Å². The van der Waals surface area contributed by atoms with Gasteiger partial charge in [-0.2, -0.15) is 0 Å². The zero-order valence-electron chi connectivity index (χ0n) is 10.3. The Balaban J connectivity index is 2.13. The summed E-state index contributed by atoms with van der Waals surface area (Å²) < 4.78 is 27.2. The molecule has 1 aliphatic heterocycles. The molecule has 2 N–H and O–H groups in total. The minimum atomic E-state index is -3.40. The van der Waals surface area contributed by atoms with Crippen molar-refractivity contribution in [1.29, 1.82) is 0 Å². The third-order valence-corrected chi connectivity index (χ3v) is 5.21. The molecule has 0 aromatic heterocycles. The molecule has 0 amide bonds. The van der Waals surface area contributed by atoms with Crippen LogP contribution in [0, 0.1) is 0 Å². The molecule has 2 rings (SSSR count). The van der Waals surface area contributed by atoms with E-state index in [9.17, 15) is 8.42 Å². The molecule has 1 unspecified atom stereocenters. The van der Waals surface area contributed by atoms with Crippen molar-refractivity contribution in [3.8, 4) is 0 Å². The fourth-order valence-corrected chi connectivity index (χ4v) is 3.86. The predicted molar refractivity (Wildman–Crippen MR) is 74.4 cm³/mol. The van der Waals surface area contributed by atoms with Gasteiger partial charge in [0, 0.05) is 17.5 Å². The average Bonchev–Trinajstić information content (AvgIpc) is 2.39. The molecule has 0 radical (unpaired) electrons. The number of benzene rings is 1.